The Hall–Kier alpha value is -0.120. The molecule has 0 amide bonds. The molecule has 1 aliphatic heterocycles. The molecule has 2 aliphatic rings. The molecule has 0 aromatic carbocycles. The highest BCUT2D eigenvalue weighted by molar-refractivity contribution is 4.82. The number of piperazine rings is 1. The highest BCUT2D eigenvalue weighted by atomic mass is 15.2. The molecule has 2 rings (SSSR count). The molecule has 0 bridgehead atoms. The largest absolute Gasteiger partial charge is 0.314 e. The first-order chi connectivity index (χ1) is 7.77. The minimum Gasteiger partial charge on any atom is -0.314 e. The fraction of sp³-hybridized carbons (Fsp3) is 1.00. The van der Waals surface area contributed by atoms with E-state index in [0.29, 0.717) is 6.04 Å². The average Bonchev–Trinajstić information content (AvgIpc) is 2.33. The molecule has 0 radical (unpaired) electrons. The molecule has 1 heterocycles. The highest BCUT2D eigenvalue weighted by Gasteiger charge is 2.24. The third kappa shape index (κ3) is 3.19. The van der Waals surface area contributed by atoms with Gasteiger partial charge in [0.2, 0.25) is 0 Å². The summed E-state index contributed by atoms with van der Waals surface area (Å²) in [6.45, 7) is 4.74. The minimum atomic E-state index is 0.709. The molecular weight excluding hydrogens is 198 g/mol. The third-order valence-corrected chi connectivity index (χ3v) is 4.34. The van der Waals surface area contributed by atoms with Crippen molar-refractivity contribution in [2.75, 3.05) is 40.3 Å². The topological polar surface area (TPSA) is 18.5 Å². The van der Waals surface area contributed by atoms with Crippen molar-refractivity contribution in [2.45, 2.75) is 44.2 Å². The van der Waals surface area contributed by atoms with E-state index in [4.69, 9.17) is 0 Å². The lowest BCUT2D eigenvalue weighted by molar-refractivity contribution is 0.114. The van der Waals surface area contributed by atoms with Gasteiger partial charge in [-0.25, -0.2) is 0 Å². The van der Waals surface area contributed by atoms with Crippen molar-refractivity contribution < 1.29 is 0 Å². The standard InChI is InChI=1S/C13H27N3/c1-15-9-8-14-10-13(15)11-16(2)12-6-4-3-5-7-12/h12-14H,3-11H2,1-2H3. The van der Waals surface area contributed by atoms with Crippen molar-refractivity contribution >= 4 is 0 Å². The summed E-state index contributed by atoms with van der Waals surface area (Å²) < 4.78 is 0. The second kappa shape index (κ2) is 5.99. The van der Waals surface area contributed by atoms with Crippen LogP contribution < -0.4 is 5.32 Å². The van der Waals surface area contributed by atoms with Gasteiger partial charge in [-0.2, -0.15) is 0 Å². The molecule has 3 nitrogen and oxygen atoms in total. The van der Waals surface area contributed by atoms with Gasteiger partial charge in [0, 0.05) is 38.3 Å². The number of rotatable bonds is 3. The molecule has 1 saturated carbocycles. The fourth-order valence-electron chi connectivity index (χ4n) is 3.07. The van der Waals surface area contributed by atoms with Crippen LogP contribution >= 0.6 is 0 Å². The van der Waals surface area contributed by atoms with Gasteiger partial charge in [-0.15, -0.1) is 0 Å². The molecule has 1 unspecified atom stereocenters. The monoisotopic (exact) mass is 225 g/mol. The maximum atomic E-state index is 3.51. The molecular formula is C13H27N3. The van der Waals surface area contributed by atoms with Gasteiger partial charge in [-0.3, -0.25) is 4.90 Å². The Morgan fingerprint density at radius 2 is 2.00 bits per heavy atom. The van der Waals surface area contributed by atoms with Crippen LogP contribution in [0.5, 0.6) is 0 Å². The van der Waals surface area contributed by atoms with Gasteiger partial charge in [0.15, 0.2) is 0 Å². The van der Waals surface area contributed by atoms with E-state index in [1.807, 2.05) is 0 Å². The molecule has 94 valence electrons. The van der Waals surface area contributed by atoms with Crippen molar-refractivity contribution in [3.8, 4) is 0 Å². The van der Waals surface area contributed by atoms with Crippen LogP contribution in [0.1, 0.15) is 32.1 Å². The molecule has 1 atom stereocenters. The summed E-state index contributed by atoms with van der Waals surface area (Å²) in [4.78, 5) is 5.11. The Balaban J connectivity index is 1.78. The van der Waals surface area contributed by atoms with Crippen LogP contribution in [0.2, 0.25) is 0 Å². The Kier molecular flexibility index (Phi) is 4.62. The van der Waals surface area contributed by atoms with E-state index in [9.17, 15) is 0 Å². The molecule has 1 saturated heterocycles. The van der Waals surface area contributed by atoms with Crippen molar-refractivity contribution in [2.24, 2.45) is 0 Å². The van der Waals surface area contributed by atoms with Crippen molar-refractivity contribution in [1.29, 1.82) is 0 Å². The van der Waals surface area contributed by atoms with Gasteiger partial charge < -0.3 is 10.2 Å². The Bertz CT molecular complexity index is 201. The molecule has 2 fully saturated rings. The van der Waals surface area contributed by atoms with E-state index in [0.717, 1.165) is 19.1 Å². The summed E-state index contributed by atoms with van der Waals surface area (Å²) in [5.74, 6) is 0. The quantitative estimate of drug-likeness (QED) is 0.777. The van der Waals surface area contributed by atoms with Crippen LogP contribution in [0.25, 0.3) is 0 Å². The zero-order valence-corrected chi connectivity index (χ0v) is 10.9. The predicted octanol–water partition coefficient (Wildman–Crippen LogP) is 1.15. The van der Waals surface area contributed by atoms with Crippen LogP contribution in [0, 0.1) is 0 Å². The van der Waals surface area contributed by atoms with Crippen molar-refractivity contribution in [3.63, 3.8) is 0 Å². The van der Waals surface area contributed by atoms with Gasteiger partial charge >= 0.3 is 0 Å². The van der Waals surface area contributed by atoms with Crippen LogP contribution in [0.3, 0.4) is 0 Å². The van der Waals surface area contributed by atoms with Crippen LogP contribution in [0.4, 0.5) is 0 Å². The summed E-state index contributed by atoms with van der Waals surface area (Å²) >= 11 is 0. The Labute approximate surface area is 100 Å². The van der Waals surface area contributed by atoms with Gasteiger partial charge in [0.25, 0.3) is 0 Å². The third-order valence-electron chi connectivity index (χ3n) is 4.34. The van der Waals surface area contributed by atoms with E-state index in [-0.39, 0.29) is 0 Å². The highest BCUT2D eigenvalue weighted by Crippen LogP contribution is 2.22. The predicted molar refractivity (Wildman–Crippen MR) is 68.8 cm³/mol. The zero-order valence-electron chi connectivity index (χ0n) is 10.9. The van der Waals surface area contributed by atoms with Gasteiger partial charge in [-0.1, -0.05) is 19.3 Å². The number of likely N-dealkylation sites (N-methyl/N-ethyl adjacent to an activating group) is 2. The lowest BCUT2D eigenvalue weighted by Gasteiger charge is -2.39. The second-order valence-electron chi connectivity index (χ2n) is 5.57. The van der Waals surface area contributed by atoms with Crippen LogP contribution in [0.15, 0.2) is 0 Å². The average molecular weight is 225 g/mol. The minimum absolute atomic E-state index is 0.709. The lowest BCUT2D eigenvalue weighted by atomic mass is 9.94. The normalized spacial score (nSPS) is 29.8. The lowest BCUT2D eigenvalue weighted by Crippen LogP contribution is -2.54. The van der Waals surface area contributed by atoms with E-state index in [1.165, 1.54) is 45.2 Å². The maximum Gasteiger partial charge on any atom is 0.0345 e. The SMILES string of the molecule is CN1CCNCC1CN(C)C1CCCCC1. The van der Waals surface area contributed by atoms with Gasteiger partial charge in [0.05, 0.1) is 0 Å². The summed E-state index contributed by atoms with van der Waals surface area (Å²) in [6.07, 6.45) is 7.16. The molecule has 16 heavy (non-hydrogen) atoms. The van der Waals surface area contributed by atoms with Crippen molar-refractivity contribution in [1.82, 2.24) is 15.1 Å². The molecule has 1 N–H and O–H groups in total. The van der Waals surface area contributed by atoms with E-state index < -0.39 is 0 Å². The molecule has 3 heteroatoms. The zero-order chi connectivity index (χ0) is 11.4. The summed E-state index contributed by atoms with van der Waals surface area (Å²) in [5.41, 5.74) is 0. The first kappa shape index (κ1) is 12.3. The maximum absolute atomic E-state index is 3.51. The molecule has 0 aromatic heterocycles. The molecule has 0 spiro atoms. The molecule has 0 aromatic rings. The smallest absolute Gasteiger partial charge is 0.0345 e. The summed E-state index contributed by atoms with van der Waals surface area (Å²) in [6, 6.07) is 1.56. The van der Waals surface area contributed by atoms with Gasteiger partial charge in [0.1, 0.15) is 0 Å². The first-order valence-corrected chi connectivity index (χ1v) is 6.88. The van der Waals surface area contributed by atoms with E-state index in [1.54, 1.807) is 0 Å². The van der Waals surface area contributed by atoms with E-state index >= 15 is 0 Å². The summed E-state index contributed by atoms with van der Waals surface area (Å²) in [5, 5.41) is 3.51. The number of nitrogens with one attached hydrogen (secondary N) is 1. The number of nitrogens with zero attached hydrogens (tertiary/aromatic N) is 2. The Morgan fingerprint density at radius 1 is 1.25 bits per heavy atom. The Morgan fingerprint density at radius 3 is 2.69 bits per heavy atom. The van der Waals surface area contributed by atoms with Gasteiger partial charge in [-0.05, 0) is 26.9 Å². The fourth-order valence-corrected chi connectivity index (χ4v) is 3.07. The van der Waals surface area contributed by atoms with Crippen LogP contribution in [-0.4, -0.2) is 62.2 Å². The second-order valence-corrected chi connectivity index (χ2v) is 5.57. The first-order valence-electron chi connectivity index (χ1n) is 6.88. The number of hydrogen-bond donors (Lipinski definition) is 1. The van der Waals surface area contributed by atoms with Crippen molar-refractivity contribution in [3.05, 3.63) is 0 Å². The molecule has 1 aliphatic carbocycles. The van der Waals surface area contributed by atoms with E-state index in [2.05, 4.69) is 29.2 Å². The summed E-state index contributed by atoms with van der Waals surface area (Å²) in [7, 11) is 4.58. The van der Waals surface area contributed by atoms with Crippen LogP contribution in [-0.2, 0) is 0 Å². The number of hydrogen-bond acceptors (Lipinski definition) is 3.